The monoisotopic (exact) mass is 233 g/mol. The van der Waals surface area contributed by atoms with Crippen LogP contribution >= 0.6 is 11.6 Å². The van der Waals surface area contributed by atoms with Gasteiger partial charge in [0.2, 0.25) is 0 Å². The average Bonchev–Trinajstić information content (AvgIpc) is 2.25. The van der Waals surface area contributed by atoms with Crippen LogP contribution in [0.4, 0.5) is 5.69 Å². The number of hydrogen-bond acceptors (Lipinski definition) is 2. The molecule has 0 radical (unpaired) electrons. The van der Waals surface area contributed by atoms with Crippen molar-refractivity contribution < 1.29 is 9.90 Å². The molecule has 2 aromatic carbocycles. The summed E-state index contributed by atoms with van der Waals surface area (Å²) in [5, 5.41) is 10.9. The molecule has 0 unspecified atom stereocenters. The zero-order valence-electron chi connectivity index (χ0n) is 8.22. The molecule has 0 spiro atoms. The number of carbonyl (C=O) groups is 1. The molecule has 2 aromatic rings. The first-order valence-corrected chi connectivity index (χ1v) is 5.00. The van der Waals surface area contributed by atoms with E-state index in [0.29, 0.717) is 10.7 Å². The Morgan fingerprint density at radius 2 is 2.06 bits per heavy atom. The summed E-state index contributed by atoms with van der Waals surface area (Å²) in [6.07, 6.45) is 0.859. The van der Waals surface area contributed by atoms with Gasteiger partial charge in [-0.3, -0.25) is 0 Å². The van der Waals surface area contributed by atoms with Gasteiger partial charge in [-0.15, -0.1) is 0 Å². The van der Waals surface area contributed by atoms with Crippen molar-refractivity contribution in [2.24, 2.45) is 4.99 Å². The maximum absolute atomic E-state index is 10.4. The zero-order chi connectivity index (χ0) is 11.5. The van der Waals surface area contributed by atoms with Gasteiger partial charge in [0, 0.05) is 10.4 Å². The number of halogens is 1. The van der Waals surface area contributed by atoms with E-state index in [1.54, 1.807) is 6.07 Å². The van der Waals surface area contributed by atoms with Crippen molar-refractivity contribution in [3.8, 4) is 0 Å². The van der Waals surface area contributed by atoms with E-state index in [-0.39, 0.29) is 0 Å². The molecule has 0 saturated heterocycles. The summed E-state index contributed by atoms with van der Waals surface area (Å²) in [5.41, 5.74) is 0.561. The van der Waals surface area contributed by atoms with Crippen molar-refractivity contribution in [1.82, 2.24) is 0 Å². The summed E-state index contributed by atoms with van der Waals surface area (Å²) in [6, 6.07) is 11.0. The molecule has 0 amide bonds. The van der Waals surface area contributed by atoms with Crippen molar-refractivity contribution in [1.29, 1.82) is 0 Å². The molecule has 0 bridgehead atoms. The molecular weight excluding hydrogens is 226 g/mol. The molecule has 0 aliphatic rings. The van der Waals surface area contributed by atoms with Crippen LogP contribution < -0.4 is 0 Å². The smallest absolute Gasteiger partial charge is 0.346 e. The Balaban J connectivity index is 2.63. The molecule has 0 atom stereocenters. The molecule has 2 rings (SSSR count). The van der Waals surface area contributed by atoms with Crippen LogP contribution in [-0.2, 0) is 4.79 Å². The molecule has 0 aliphatic heterocycles. The molecule has 80 valence electrons. The van der Waals surface area contributed by atoms with Gasteiger partial charge >= 0.3 is 5.97 Å². The number of carboxylic acids is 1. The quantitative estimate of drug-likeness (QED) is 0.810. The molecule has 0 saturated carbocycles. The Labute approximate surface area is 97.0 Å². The minimum atomic E-state index is -1.08. The predicted molar refractivity (Wildman–Crippen MR) is 64.7 cm³/mol. The predicted octanol–water partition coefficient (Wildman–Crippen LogP) is 3.28. The van der Waals surface area contributed by atoms with Gasteiger partial charge in [-0.25, -0.2) is 9.79 Å². The third-order valence-corrected chi connectivity index (χ3v) is 2.34. The Hall–Kier alpha value is -1.87. The number of rotatable bonds is 2. The van der Waals surface area contributed by atoms with E-state index in [2.05, 4.69) is 4.99 Å². The molecule has 0 aromatic heterocycles. The van der Waals surface area contributed by atoms with Crippen LogP contribution in [0.2, 0.25) is 5.02 Å². The molecule has 0 aliphatic carbocycles. The fraction of sp³-hybridized carbons (Fsp3) is 0. The van der Waals surface area contributed by atoms with Crippen molar-refractivity contribution in [2.45, 2.75) is 0 Å². The Kier molecular flexibility index (Phi) is 2.88. The second kappa shape index (κ2) is 4.33. The summed E-state index contributed by atoms with van der Waals surface area (Å²) in [7, 11) is 0. The fourth-order valence-electron chi connectivity index (χ4n) is 1.49. The standard InChI is InChI=1S/C12H8ClNO2/c13-9-5-8-3-1-2-4-10(8)11(6-9)14-7-12(15)16/h1-7H,(H,15,16). The lowest BCUT2D eigenvalue weighted by molar-refractivity contribution is -0.128. The van der Waals surface area contributed by atoms with Gasteiger partial charge in [-0.05, 0) is 17.5 Å². The van der Waals surface area contributed by atoms with Crippen molar-refractivity contribution in [2.75, 3.05) is 0 Å². The zero-order valence-corrected chi connectivity index (χ0v) is 8.98. The molecule has 1 N–H and O–H groups in total. The maximum atomic E-state index is 10.4. The highest BCUT2D eigenvalue weighted by atomic mass is 35.5. The van der Waals surface area contributed by atoms with Crippen LogP contribution in [-0.4, -0.2) is 17.3 Å². The van der Waals surface area contributed by atoms with Crippen LogP contribution in [0.1, 0.15) is 0 Å². The van der Waals surface area contributed by atoms with E-state index < -0.39 is 5.97 Å². The molecule has 16 heavy (non-hydrogen) atoms. The van der Waals surface area contributed by atoms with Gasteiger partial charge in [-0.2, -0.15) is 0 Å². The number of aliphatic carboxylic acids is 1. The Bertz CT molecular complexity index is 578. The van der Waals surface area contributed by atoms with E-state index in [1.165, 1.54) is 0 Å². The first kappa shape index (κ1) is 10.6. The van der Waals surface area contributed by atoms with Crippen LogP contribution in [0.5, 0.6) is 0 Å². The lowest BCUT2D eigenvalue weighted by atomic mass is 10.1. The topological polar surface area (TPSA) is 49.7 Å². The molecular formula is C12H8ClNO2. The van der Waals surface area contributed by atoms with Gasteiger partial charge in [0.05, 0.1) is 5.69 Å². The number of benzene rings is 2. The summed E-state index contributed by atoms with van der Waals surface area (Å²) in [6.45, 7) is 0. The van der Waals surface area contributed by atoms with Crippen molar-refractivity contribution >= 4 is 40.2 Å². The van der Waals surface area contributed by atoms with E-state index >= 15 is 0 Å². The highest BCUT2D eigenvalue weighted by Crippen LogP contribution is 2.29. The third kappa shape index (κ3) is 2.20. The maximum Gasteiger partial charge on any atom is 0.346 e. The first-order valence-electron chi connectivity index (χ1n) is 4.62. The molecule has 0 heterocycles. The van der Waals surface area contributed by atoms with Crippen LogP contribution in [0.3, 0.4) is 0 Å². The van der Waals surface area contributed by atoms with Gasteiger partial charge < -0.3 is 5.11 Å². The number of hydrogen-bond donors (Lipinski definition) is 1. The molecule has 3 nitrogen and oxygen atoms in total. The summed E-state index contributed by atoms with van der Waals surface area (Å²) in [4.78, 5) is 14.3. The first-order chi connectivity index (χ1) is 7.66. The van der Waals surface area contributed by atoms with Crippen molar-refractivity contribution in [3.05, 3.63) is 41.4 Å². The van der Waals surface area contributed by atoms with Gasteiger partial charge in [0.25, 0.3) is 0 Å². The second-order valence-corrected chi connectivity index (χ2v) is 3.68. The number of nitrogens with zero attached hydrogens (tertiary/aromatic N) is 1. The largest absolute Gasteiger partial charge is 0.477 e. The summed E-state index contributed by atoms with van der Waals surface area (Å²) >= 11 is 5.92. The van der Waals surface area contributed by atoms with Gasteiger partial charge in [-0.1, -0.05) is 35.9 Å². The SMILES string of the molecule is O=C(O)C=Nc1cc(Cl)cc2ccccc12. The second-order valence-electron chi connectivity index (χ2n) is 3.24. The minimum absolute atomic E-state index is 0.538. The number of aliphatic imine (C=N–C) groups is 1. The van der Waals surface area contributed by atoms with Crippen molar-refractivity contribution in [3.63, 3.8) is 0 Å². The Morgan fingerprint density at radius 1 is 1.31 bits per heavy atom. The van der Waals surface area contributed by atoms with Crippen LogP contribution in [0, 0.1) is 0 Å². The summed E-state index contributed by atoms with van der Waals surface area (Å²) in [5.74, 6) is -1.08. The molecule has 0 fully saturated rings. The highest BCUT2D eigenvalue weighted by Gasteiger charge is 2.01. The number of carboxylic acid groups (broad SMARTS) is 1. The lowest BCUT2D eigenvalue weighted by Crippen LogP contribution is -1.93. The number of fused-ring (bicyclic) bond motifs is 1. The third-order valence-electron chi connectivity index (χ3n) is 2.12. The van der Waals surface area contributed by atoms with E-state index in [1.807, 2.05) is 30.3 Å². The van der Waals surface area contributed by atoms with E-state index in [4.69, 9.17) is 16.7 Å². The summed E-state index contributed by atoms with van der Waals surface area (Å²) < 4.78 is 0. The van der Waals surface area contributed by atoms with Gasteiger partial charge in [0.1, 0.15) is 6.21 Å². The molecule has 4 heteroatoms. The lowest BCUT2D eigenvalue weighted by Gasteiger charge is -2.02. The van der Waals surface area contributed by atoms with Crippen LogP contribution in [0.25, 0.3) is 10.8 Å². The minimum Gasteiger partial charge on any atom is -0.477 e. The van der Waals surface area contributed by atoms with E-state index in [0.717, 1.165) is 17.0 Å². The average molecular weight is 234 g/mol. The van der Waals surface area contributed by atoms with E-state index in [9.17, 15) is 4.79 Å². The van der Waals surface area contributed by atoms with Gasteiger partial charge in [0.15, 0.2) is 0 Å². The fourth-order valence-corrected chi connectivity index (χ4v) is 1.71. The highest BCUT2D eigenvalue weighted by molar-refractivity contribution is 6.32. The van der Waals surface area contributed by atoms with Crippen LogP contribution in [0.15, 0.2) is 41.4 Å². The Morgan fingerprint density at radius 3 is 2.81 bits per heavy atom. The normalized spacial score (nSPS) is 11.1.